The molecule has 5 heteroatoms. The molecule has 2 aromatic rings. The van der Waals surface area contributed by atoms with E-state index >= 15 is 0 Å². The lowest BCUT2D eigenvalue weighted by molar-refractivity contribution is -0.118. The van der Waals surface area contributed by atoms with E-state index in [2.05, 4.69) is 10.4 Å². The quantitative estimate of drug-likeness (QED) is 0.878. The van der Waals surface area contributed by atoms with E-state index in [1.165, 1.54) is 0 Å². The van der Waals surface area contributed by atoms with E-state index in [0.29, 0.717) is 5.69 Å². The maximum absolute atomic E-state index is 11.9. The second-order valence-corrected chi connectivity index (χ2v) is 4.76. The molecule has 1 atom stereocenters. The first-order chi connectivity index (χ1) is 9.08. The van der Waals surface area contributed by atoms with E-state index in [9.17, 15) is 4.79 Å². The lowest BCUT2D eigenvalue weighted by atomic mass is 10.0. The third kappa shape index (κ3) is 3.20. The van der Waals surface area contributed by atoms with E-state index < -0.39 is 6.04 Å². The number of nitrogens with one attached hydrogen (secondary N) is 1. The predicted molar refractivity (Wildman–Crippen MR) is 75.0 cm³/mol. The number of amides is 1. The van der Waals surface area contributed by atoms with Gasteiger partial charge in [0.2, 0.25) is 5.91 Å². The molecule has 5 nitrogen and oxygen atoms in total. The monoisotopic (exact) mass is 258 g/mol. The van der Waals surface area contributed by atoms with Gasteiger partial charge in [-0.2, -0.15) is 5.10 Å². The summed E-state index contributed by atoms with van der Waals surface area (Å²) in [5, 5.41) is 6.97. The van der Waals surface area contributed by atoms with Crippen molar-refractivity contribution in [2.45, 2.75) is 19.9 Å². The fraction of sp³-hybridized carbons (Fsp3) is 0.286. The maximum atomic E-state index is 11.9. The molecule has 0 fully saturated rings. The molecule has 100 valence electrons. The van der Waals surface area contributed by atoms with Crippen molar-refractivity contribution in [1.82, 2.24) is 9.78 Å². The van der Waals surface area contributed by atoms with Crippen molar-refractivity contribution in [2.75, 3.05) is 5.32 Å². The van der Waals surface area contributed by atoms with Gasteiger partial charge in [-0.25, -0.2) is 4.68 Å². The molecule has 2 rings (SSSR count). The average molecular weight is 258 g/mol. The zero-order valence-electron chi connectivity index (χ0n) is 11.1. The van der Waals surface area contributed by atoms with Gasteiger partial charge in [-0.1, -0.05) is 19.9 Å². The summed E-state index contributed by atoms with van der Waals surface area (Å²) in [7, 11) is 0. The topological polar surface area (TPSA) is 72.9 Å². The Kier molecular flexibility index (Phi) is 3.97. The highest BCUT2D eigenvalue weighted by Crippen LogP contribution is 2.14. The van der Waals surface area contributed by atoms with Crippen LogP contribution in [0.25, 0.3) is 5.69 Å². The fourth-order valence-electron chi connectivity index (χ4n) is 1.68. The van der Waals surface area contributed by atoms with Gasteiger partial charge in [-0.15, -0.1) is 0 Å². The number of hydrogen-bond donors (Lipinski definition) is 2. The summed E-state index contributed by atoms with van der Waals surface area (Å²) in [5.74, 6) is -0.0677. The van der Waals surface area contributed by atoms with Crippen LogP contribution in [0.3, 0.4) is 0 Å². The Labute approximate surface area is 112 Å². The molecule has 19 heavy (non-hydrogen) atoms. The van der Waals surface area contributed by atoms with Crippen molar-refractivity contribution in [2.24, 2.45) is 11.7 Å². The van der Waals surface area contributed by atoms with E-state index in [1.54, 1.807) is 10.9 Å². The number of carbonyl (C=O) groups is 1. The minimum absolute atomic E-state index is 0.106. The summed E-state index contributed by atoms with van der Waals surface area (Å²) >= 11 is 0. The summed E-state index contributed by atoms with van der Waals surface area (Å²) in [4.78, 5) is 11.9. The van der Waals surface area contributed by atoms with Gasteiger partial charge < -0.3 is 11.1 Å². The van der Waals surface area contributed by atoms with Gasteiger partial charge in [0.15, 0.2) is 0 Å². The van der Waals surface area contributed by atoms with Crippen LogP contribution in [-0.4, -0.2) is 21.7 Å². The lowest BCUT2D eigenvalue weighted by Crippen LogP contribution is -2.39. The van der Waals surface area contributed by atoms with Crippen molar-refractivity contribution in [3.8, 4) is 5.69 Å². The number of hydrogen-bond acceptors (Lipinski definition) is 3. The number of nitrogens with two attached hydrogens (primary N) is 1. The molecule has 0 saturated carbocycles. The minimum atomic E-state index is -0.506. The van der Waals surface area contributed by atoms with Crippen LogP contribution in [0.4, 0.5) is 5.69 Å². The maximum Gasteiger partial charge on any atom is 0.241 e. The summed E-state index contributed by atoms with van der Waals surface area (Å²) < 4.78 is 1.73. The van der Waals surface area contributed by atoms with E-state index in [1.807, 2.05) is 50.4 Å². The molecule has 3 N–H and O–H groups in total. The first-order valence-electron chi connectivity index (χ1n) is 6.24. The number of anilines is 1. The highest BCUT2D eigenvalue weighted by atomic mass is 16.2. The molecule has 1 amide bonds. The molecule has 0 aliphatic carbocycles. The molecule has 0 aliphatic rings. The van der Waals surface area contributed by atoms with Crippen LogP contribution in [0.5, 0.6) is 0 Å². The normalized spacial score (nSPS) is 12.4. The second-order valence-electron chi connectivity index (χ2n) is 4.76. The average Bonchev–Trinajstić information content (AvgIpc) is 2.91. The van der Waals surface area contributed by atoms with Crippen LogP contribution in [0.2, 0.25) is 0 Å². The van der Waals surface area contributed by atoms with Gasteiger partial charge in [-0.05, 0) is 30.2 Å². The number of rotatable bonds is 4. The number of benzene rings is 1. The Balaban J connectivity index is 2.14. The Bertz CT molecular complexity index is 548. The molecule has 1 aromatic heterocycles. The molecular formula is C14H18N4O. The Morgan fingerprint density at radius 2 is 2.16 bits per heavy atom. The summed E-state index contributed by atoms with van der Waals surface area (Å²) in [6.45, 7) is 3.84. The zero-order chi connectivity index (χ0) is 13.8. The van der Waals surface area contributed by atoms with Crippen LogP contribution < -0.4 is 11.1 Å². The van der Waals surface area contributed by atoms with Crippen molar-refractivity contribution in [3.05, 3.63) is 42.7 Å². The molecule has 0 bridgehead atoms. The highest BCUT2D eigenvalue weighted by Gasteiger charge is 2.17. The Morgan fingerprint density at radius 3 is 2.79 bits per heavy atom. The van der Waals surface area contributed by atoms with Crippen molar-refractivity contribution in [1.29, 1.82) is 0 Å². The van der Waals surface area contributed by atoms with Gasteiger partial charge in [0, 0.05) is 18.1 Å². The number of nitrogens with zero attached hydrogens (tertiary/aromatic N) is 2. The standard InChI is InChI=1S/C14H18N4O/c1-10(2)13(15)14(19)17-11-5-3-6-12(9-11)18-8-4-7-16-18/h3-10,13H,15H2,1-2H3,(H,17,19)/t13-/m0/s1. The van der Waals surface area contributed by atoms with Crippen LogP contribution in [0, 0.1) is 5.92 Å². The van der Waals surface area contributed by atoms with E-state index in [-0.39, 0.29) is 11.8 Å². The van der Waals surface area contributed by atoms with Gasteiger partial charge in [-0.3, -0.25) is 4.79 Å². The lowest BCUT2D eigenvalue weighted by Gasteiger charge is -2.15. The largest absolute Gasteiger partial charge is 0.325 e. The van der Waals surface area contributed by atoms with E-state index in [0.717, 1.165) is 5.69 Å². The molecule has 0 unspecified atom stereocenters. The first-order valence-corrected chi connectivity index (χ1v) is 6.24. The molecule has 0 radical (unpaired) electrons. The summed E-state index contributed by atoms with van der Waals surface area (Å²) in [5.41, 5.74) is 7.42. The smallest absolute Gasteiger partial charge is 0.241 e. The van der Waals surface area contributed by atoms with Crippen molar-refractivity contribution < 1.29 is 4.79 Å². The molecule has 0 spiro atoms. The van der Waals surface area contributed by atoms with Crippen LogP contribution >= 0.6 is 0 Å². The summed E-state index contributed by atoms with van der Waals surface area (Å²) in [6, 6.07) is 8.82. The Hall–Kier alpha value is -2.14. The van der Waals surface area contributed by atoms with Gasteiger partial charge >= 0.3 is 0 Å². The van der Waals surface area contributed by atoms with Crippen LogP contribution in [0.1, 0.15) is 13.8 Å². The molecule has 0 aliphatic heterocycles. The molecule has 1 aromatic carbocycles. The SMILES string of the molecule is CC(C)[C@H](N)C(=O)Nc1cccc(-n2cccn2)c1. The predicted octanol–water partition coefficient (Wildman–Crippen LogP) is 1.79. The minimum Gasteiger partial charge on any atom is -0.325 e. The van der Waals surface area contributed by atoms with Gasteiger partial charge in [0.05, 0.1) is 11.7 Å². The number of aromatic nitrogens is 2. The Morgan fingerprint density at radius 1 is 1.37 bits per heavy atom. The molecule has 1 heterocycles. The van der Waals surface area contributed by atoms with Gasteiger partial charge in [0.1, 0.15) is 0 Å². The van der Waals surface area contributed by atoms with Crippen LogP contribution in [-0.2, 0) is 4.79 Å². The first kappa shape index (κ1) is 13.3. The van der Waals surface area contributed by atoms with E-state index in [4.69, 9.17) is 5.73 Å². The second kappa shape index (κ2) is 5.67. The highest BCUT2D eigenvalue weighted by molar-refractivity contribution is 5.95. The van der Waals surface area contributed by atoms with Crippen molar-refractivity contribution >= 4 is 11.6 Å². The molecular weight excluding hydrogens is 240 g/mol. The zero-order valence-corrected chi connectivity index (χ0v) is 11.1. The summed E-state index contributed by atoms with van der Waals surface area (Å²) in [6.07, 6.45) is 3.56. The van der Waals surface area contributed by atoms with Gasteiger partial charge in [0.25, 0.3) is 0 Å². The third-order valence-corrected chi connectivity index (χ3v) is 2.90. The molecule has 0 saturated heterocycles. The third-order valence-electron chi connectivity index (χ3n) is 2.90. The number of carbonyl (C=O) groups excluding carboxylic acids is 1. The van der Waals surface area contributed by atoms with Crippen LogP contribution in [0.15, 0.2) is 42.7 Å². The fourth-order valence-corrected chi connectivity index (χ4v) is 1.68. The van der Waals surface area contributed by atoms with Crippen molar-refractivity contribution in [3.63, 3.8) is 0 Å².